The summed E-state index contributed by atoms with van der Waals surface area (Å²) in [7, 11) is 0. The van der Waals surface area contributed by atoms with Crippen molar-refractivity contribution in [3.05, 3.63) is 71.7 Å². The third-order valence-corrected chi connectivity index (χ3v) is 5.35. The molecule has 0 unspecified atom stereocenters. The predicted molar refractivity (Wildman–Crippen MR) is 113 cm³/mol. The molecule has 0 saturated heterocycles. The van der Waals surface area contributed by atoms with Crippen LogP contribution in [0.2, 0.25) is 0 Å². The van der Waals surface area contributed by atoms with Crippen LogP contribution < -0.4 is 5.32 Å². The van der Waals surface area contributed by atoms with Gasteiger partial charge in [0.05, 0.1) is 18.3 Å². The molecule has 6 nitrogen and oxygen atoms in total. The highest BCUT2D eigenvalue weighted by atomic mass is 16.2. The molecule has 0 radical (unpaired) electrons. The number of anilines is 1. The second-order valence-corrected chi connectivity index (χ2v) is 7.27. The quantitative estimate of drug-likeness (QED) is 0.716. The Balaban J connectivity index is 1.76. The standard InChI is InChI=1S/C23H25N5O/c1-3-20(17-8-5-4-6-9-17)25-23-19-11-13-28(16(2)29)15-21(19)26-22(27-23)18-10-7-12-24-14-18/h4-10,12,14,20H,3,11,13,15H2,1-2H3,(H,25,26,27)/t20-/m0/s1. The monoisotopic (exact) mass is 387 g/mol. The summed E-state index contributed by atoms with van der Waals surface area (Å²) in [4.78, 5) is 27.6. The number of aromatic nitrogens is 3. The summed E-state index contributed by atoms with van der Waals surface area (Å²) in [6.45, 7) is 4.97. The molecule has 3 heterocycles. The van der Waals surface area contributed by atoms with Crippen LogP contribution in [0.4, 0.5) is 5.82 Å². The highest BCUT2D eigenvalue weighted by molar-refractivity contribution is 5.74. The molecular formula is C23H25N5O. The molecule has 1 aromatic carbocycles. The van der Waals surface area contributed by atoms with Gasteiger partial charge in [0.25, 0.3) is 0 Å². The molecular weight excluding hydrogens is 362 g/mol. The largest absolute Gasteiger partial charge is 0.363 e. The molecule has 0 spiro atoms. The summed E-state index contributed by atoms with van der Waals surface area (Å²) in [5.74, 6) is 1.56. The number of benzene rings is 1. The van der Waals surface area contributed by atoms with Crippen molar-refractivity contribution in [1.29, 1.82) is 0 Å². The summed E-state index contributed by atoms with van der Waals surface area (Å²) in [5, 5.41) is 3.65. The summed E-state index contributed by atoms with van der Waals surface area (Å²) >= 11 is 0. The molecule has 1 N–H and O–H groups in total. The van der Waals surface area contributed by atoms with Crippen LogP contribution in [0, 0.1) is 0 Å². The lowest BCUT2D eigenvalue weighted by molar-refractivity contribution is -0.129. The minimum absolute atomic E-state index is 0.0717. The third-order valence-electron chi connectivity index (χ3n) is 5.35. The Kier molecular flexibility index (Phi) is 5.51. The number of amides is 1. The molecule has 0 aliphatic carbocycles. The van der Waals surface area contributed by atoms with Gasteiger partial charge < -0.3 is 10.2 Å². The first-order chi connectivity index (χ1) is 14.2. The van der Waals surface area contributed by atoms with Gasteiger partial charge in [0.1, 0.15) is 5.82 Å². The van der Waals surface area contributed by atoms with E-state index in [1.807, 2.05) is 23.1 Å². The first-order valence-corrected chi connectivity index (χ1v) is 10.0. The Morgan fingerprint density at radius 1 is 1.17 bits per heavy atom. The number of carbonyl (C=O) groups is 1. The van der Waals surface area contributed by atoms with E-state index in [1.54, 1.807) is 19.3 Å². The molecule has 29 heavy (non-hydrogen) atoms. The number of nitrogens with zero attached hydrogens (tertiary/aromatic N) is 4. The number of hydrogen-bond acceptors (Lipinski definition) is 5. The van der Waals surface area contributed by atoms with Crippen molar-refractivity contribution in [2.45, 2.75) is 39.3 Å². The predicted octanol–water partition coefficient (Wildman–Crippen LogP) is 4.01. The molecule has 148 valence electrons. The molecule has 0 saturated carbocycles. The lowest BCUT2D eigenvalue weighted by Crippen LogP contribution is -2.35. The first kappa shape index (κ1) is 19.1. The average Bonchev–Trinajstić information content (AvgIpc) is 2.77. The number of hydrogen-bond donors (Lipinski definition) is 1. The van der Waals surface area contributed by atoms with E-state index in [9.17, 15) is 4.79 Å². The summed E-state index contributed by atoms with van der Waals surface area (Å²) in [6, 6.07) is 14.4. The second kappa shape index (κ2) is 8.39. The maximum atomic E-state index is 11.9. The molecule has 0 fully saturated rings. The normalized spacial score (nSPS) is 14.2. The van der Waals surface area contributed by atoms with Gasteiger partial charge in [-0.25, -0.2) is 9.97 Å². The number of fused-ring (bicyclic) bond motifs is 1. The van der Waals surface area contributed by atoms with Crippen LogP contribution in [0.15, 0.2) is 54.9 Å². The van der Waals surface area contributed by atoms with E-state index in [1.165, 1.54) is 5.56 Å². The van der Waals surface area contributed by atoms with E-state index in [0.717, 1.165) is 35.5 Å². The van der Waals surface area contributed by atoms with Crippen molar-refractivity contribution in [2.75, 3.05) is 11.9 Å². The fourth-order valence-electron chi connectivity index (χ4n) is 3.71. The molecule has 1 aliphatic rings. The van der Waals surface area contributed by atoms with E-state index < -0.39 is 0 Å². The Morgan fingerprint density at radius 2 is 2.00 bits per heavy atom. The van der Waals surface area contributed by atoms with Gasteiger partial charge in [-0.05, 0) is 30.5 Å². The highest BCUT2D eigenvalue weighted by Crippen LogP contribution is 2.30. The Bertz CT molecular complexity index is 991. The van der Waals surface area contributed by atoms with Crippen molar-refractivity contribution < 1.29 is 4.79 Å². The van der Waals surface area contributed by atoms with Crippen molar-refractivity contribution in [2.24, 2.45) is 0 Å². The van der Waals surface area contributed by atoms with Gasteiger partial charge in [-0.2, -0.15) is 0 Å². The Labute approximate surface area is 171 Å². The SMILES string of the molecule is CC[C@H](Nc1nc(-c2cccnc2)nc2c1CCN(C(C)=O)C2)c1ccccc1. The molecule has 4 rings (SSSR count). The smallest absolute Gasteiger partial charge is 0.219 e. The van der Waals surface area contributed by atoms with Crippen LogP contribution >= 0.6 is 0 Å². The van der Waals surface area contributed by atoms with Crippen molar-refractivity contribution in [3.8, 4) is 11.4 Å². The van der Waals surface area contributed by atoms with Gasteiger partial charge in [-0.3, -0.25) is 9.78 Å². The average molecular weight is 387 g/mol. The maximum Gasteiger partial charge on any atom is 0.219 e. The van der Waals surface area contributed by atoms with E-state index >= 15 is 0 Å². The molecule has 2 aromatic heterocycles. The lowest BCUT2D eigenvalue weighted by Gasteiger charge is -2.30. The van der Waals surface area contributed by atoms with Gasteiger partial charge in [-0.15, -0.1) is 0 Å². The zero-order valence-electron chi connectivity index (χ0n) is 16.8. The number of nitrogens with one attached hydrogen (secondary N) is 1. The topological polar surface area (TPSA) is 71.0 Å². The summed E-state index contributed by atoms with van der Waals surface area (Å²) in [6.07, 6.45) is 5.19. The number of pyridine rings is 1. The molecule has 6 heteroatoms. The van der Waals surface area contributed by atoms with Crippen molar-refractivity contribution in [1.82, 2.24) is 19.9 Å². The first-order valence-electron chi connectivity index (χ1n) is 10.0. The van der Waals surface area contributed by atoms with Crippen LogP contribution in [0.5, 0.6) is 0 Å². The van der Waals surface area contributed by atoms with E-state index in [2.05, 4.69) is 41.5 Å². The van der Waals surface area contributed by atoms with Crippen LogP contribution in [0.1, 0.15) is 43.1 Å². The molecule has 0 bridgehead atoms. The number of rotatable bonds is 5. The molecule has 1 atom stereocenters. The van der Waals surface area contributed by atoms with Crippen molar-refractivity contribution in [3.63, 3.8) is 0 Å². The minimum Gasteiger partial charge on any atom is -0.363 e. The Morgan fingerprint density at radius 3 is 2.69 bits per heavy atom. The third kappa shape index (κ3) is 4.11. The number of carbonyl (C=O) groups excluding carboxylic acids is 1. The van der Waals surface area contributed by atoms with E-state index in [-0.39, 0.29) is 11.9 Å². The maximum absolute atomic E-state index is 11.9. The van der Waals surface area contributed by atoms with Crippen LogP contribution in [0.25, 0.3) is 11.4 Å². The van der Waals surface area contributed by atoms with Gasteiger partial charge in [0, 0.05) is 37.0 Å². The lowest BCUT2D eigenvalue weighted by atomic mass is 10.0. The van der Waals surface area contributed by atoms with Crippen molar-refractivity contribution >= 4 is 11.7 Å². The fraction of sp³-hybridized carbons (Fsp3) is 0.304. The van der Waals surface area contributed by atoms with E-state index in [4.69, 9.17) is 9.97 Å². The molecule has 1 amide bonds. The van der Waals surface area contributed by atoms with Gasteiger partial charge in [0.2, 0.25) is 5.91 Å². The van der Waals surface area contributed by atoms with Gasteiger partial charge in [-0.1, -0.05) is 37.3 Å². The van der Waals surface area contributed by atoms with Gasteiger partial charge in [0.15, 0.2) is 5.82 Å². The minimum atomic E-state index is 0.0717. The second-order valence-electron chi connectivity index (χ2n) is 7.27. The zero-order valence-corrected chi connectivity index (χ0v) is 16.8. The van der Waals surface area contributed by atoms with Gasteiger partial charge >= 0.3 is 0 Å². The summed E-state index contributed by atoms with van der Waals surface area (Å²) in [5.41, 5.74) is 4.10. The van der Waals surface area contributed by atoms with E-state index in [0.29, 0.717) is 18.9 Å². The highest BCUT2D eigenvalue weighted by Gasteiger charge is 2.25. The zero-order chi connectivity index (χ0) is 20.2. The molecule has 3 aromatic rings. The summed E-state index contributed by atoms with van der Waals surface area (Å²) < 4.78 is 0. The van der Waals surface area contributed by atoms with Crippen LogP contribution in [-0.2, 0) is 17.8 Å². The van der Waals surface area contributed by atoms with Crippen LogP contribution in [-0.4, -0.2) is 32.3 Å². The molecule has 1 aliphatic heterocycles. The van der Waals surface area contributed by atoms with Crippen LogP contribution in [0.3, 0.4) is 0 Å². The Hall–Kier alpha value is -3.28. The fourth-order valence-corrected chi connectivity index (χ4v) is 3.71.